The number of piperidine rings is 1. The van der Waals surface area contributed by atoms with Crippen molar-refractivity contribution in [2.75, 3.05) is 35.0 Å². The minimum absolute atomic E-state index is 0.0156. The summed E-state index contributed by atoms with van der Waals surface area (Å²) in [6, 6.07) is 3.88. The molecule has 2 saturated heterocycles. The van der Waals surface area contributed by atoms with Gasteiger partial charge >= 0.3 is 0 Å². The molecule has 2 aliphatic rings. The lowest BCUT2D eigenvalue weighted by Crippen LogP contribution is -2.43. The number of likely N-dealkylation sites (tertiary alicyclic amines) is 1. The Morgan fingerprint density at radius 1 is 1.26 bits per heavy atom. The van der Waals surface area contributed by atoms with Crippen LogP contribution in [0.15, 0.2) is 30.9 Å². The molecule has 1 aromatic rings. The Balaban J connectivity index is 1.74. The number of benzene rings is 1. The van der Waals surface area contributed by atoms with Crippen LogP contribution in [-0.4, -0.2) is 50.5 Å². The van der Waals surface area contributed by atoms with Gasteiger partial charge in [-0.3, -0.25) is 13.9 Å². The van der Waals surface area contributed by atoms with E-state index in [1.165, 1.54) is 18.2 Å². The molecule has 1 atom stereocenters. The first-order chi connectivity index (χ1) is 12.8. The normalized spacial score (nSPS) is 21.7. The maximum absolute atomic E-state index is 14.2. The quantitative estimate of drug-likeness (QED) is 0.787. The van der Waals surface area contributed by atoms with Crippen molar-refractivity contribution in [3.8, 4) is 0 Å². The van der Waals surface area contributed by atoms with E-state index in [0.29, 0.717) is 38.0 Å². The summed E-state index contributed by atoms with van der Waals surface area (Å²) in [5, 5.41) is 2.72. The minimum atomic E-state index is -3.52. The van der Waals surface area contributed by atoms with Gasteiger partial charge in [-0.15, -0.1) is 0 Å². The molecule has 27 heavy (non-hydrogen) atoms. The lowest BCUT2D eigenvalue weighted by Gasteiger charge is -2.31. The smallest absolute Gasteiger partial charge is 0.245 e. The molecule has 3 rings (SSSR count). The third-order valence-electron chi connectivity index (χ3n) is 4.86. The van der Waals surface area contributed by atoms with Crippen LogP contribution in [0.5, 0.6) is 0 Å². The SMILES string of the molecule is C=CC(=O)N1CCCC(C(=O)Nc2ccc(F)c(N3CCCS3(=O)=O)c2)C1. The molecule has 1 aromatic carbocycles. The van der Waals surface area contributed by atoms with E-state index >= 15 is 0 Å². The van der Waals surface area contributed by atoms with E-state index in [1.54, 1.807) is 4.90 Å². The van der Waals surface area contributed by atoms with E-state index < -0.39 is 15.8 Å². The van der Waals surface area contributed by atoms with Gasteiger partial charge in [-0.2, -0.15) is 0 Å². The van der Waals surface area contributed by atoms with E-state index in [2.05, 4.69) is 11.9 Å². The van der Waals surface area contributed by atoms with Crippen LogP contribution in [0.1, 0.15) is 19.3 Å². The van der Waals surface area contributed by atoms with Crippen molar-refractivity contribution in [1.29, 1.82) is 0 Å². The second-order valence-electron chi connectivity index (χ2n) is 6.72. The summed E-state index contributed by atoms with van der Waals surface area (Å²) in [6.07, 6.45) is 3.01. The number of carbonyl (C=O) groups is 2. The topological polar surface area (TPSA) is 86.8 Å². The monoisotopic (exact) mass is 395 g/mol. The lowest BCUT2D eigenvalue weighted by atomic mass is 9.97. The number of halogens is 1. The number of hydrogen-bond donors (Lipinski definition) is 1. The van der Waals surface area contributed by atoms with Crippen LogP contribution in [0.3, 0.4) is 0 Å². The maximum atomic E-state index is 14.2. The summed E-state index contributed by atoms with van der Waals surface area (Å²) in [4.78, 5) is 25.9. The van der Waals surface area contributed by atoms with Gasteiger partial charge in [-0.1, -0.05) is 6.58 Å². The number of sulfonamides is 1. The molecule has 0 aliphatic carbocycles. The molecular weight excluding hydrogens is 373 g/mol. The first-order valence-corrected chi connectivity index (χ1v) is 10.4. The first-order valence-electron chi connectivity index (χ1n) is 8.84. The average molecular weight is 395 g/mol. The fourth-order valence-electron chi connectivity index (χ4n) is 3.46. The average Bonchev–Trinajstić information content (AvgIpc) is 3.01. The third kappa shape index (κ3) is 4.13. The Hall–Kier alpha value is -2.42. The van der Waals surface area contributed by atoms with Crippen LogP contribution in [0.4, 0.5) is 15.8 Å². The van der Waals surface area contributed by atoms with Crippen molar-refractivity contribution in [1.82, 2.24) is 4.90 Å². The Morgan fingerprint density at radius 3 is 2.70 bits per heavy atom. The fraction of sp³-hybridized carbons (Fsp3) is 0.444. The highest BCUT2D eigenvalue weighted by atomic mass is 32.2. The number of carbonyl (C=O) groups excluding carboxylic acids is 2. The second-order valence-corrected chi connectivity index (χ2v) is 8.74. The number of nitrogens with zero attached hydrogens (tertiary/aromatic N) is 2. The predicted molar refractivity (Wildman–Crippen MR) is 100 cm³/mol. The van der Waals surface area contributed by atoms with Gasteiger partial charge < -0.3 is 10.2 Å². The summed E-state index contributed by atoms with van der Waals surface area (Å²) >= 11 is 0. The highest BCUT2D eigenvalue weighted by Crippen LogP contribution is 2.30. The van der Waals surface area contributed by atoms with E-state index in [9.17, 15) is 22.4 Å². The van der Waals surface area contributed by atoms with Crippen LogP contribution in [0, 0.1) is 11.7 Å². The predicted octanol–water partition coefficient (Wildman–Crippen LogP) is 1.73. The summed E-state index contributed by atoms with van der Waals surface area (Å²) in [5.41, 5.74) is 0.267. The minimum Gasteiger partial charge on any atom is -0.338 e. The molecule has 0 radical (unpaired) electrons. The van der Waals surface area contributed by atoms with Crippen LogP contribution in [0.2, 0.25) is 0 Å². The Bertz CT molecular complexity index is 871. The molecule has 0 aromatic heterocycles. The van der Waals surface area contributed by atoms with Gasteiger partial charge in [0, 0.05) is 25.3 Å². The molecule has 2 heterocycles. The third-order valence-corrected chi connectivity index (χ3v) is 6.72. The summed E-state index contributed by atoms with van der Waals surface area (Å²) < 4.78 is 39.3. The Morgan fingerprint density at radius 2 is 2.04 bits per heavy atom. The summed E-state index contributed by atoms with van der Waals surface area (Å²) in [6.45, 7) is 4.56. The fourth-order valence-corrected chi connectivity index (χ4v) is 5.02. The molecule has 7 nitrogen and oxygen atoms in total. The van der Waals surface area contributed by atoms with Crippen LogP contribution >= 0.6 is 0 Å². The molecule has 0 spiro atoms. The van der Waals surface area contributed by atoms with Crippen molar-refractivity contribution in [2.45, 2.75) is 19.3 Å². The number of anilines is 2. The zero-order valence-corrected chi connectivity index (χ0v) is 15.7. The van der Waals surface area contributed by atoms with Crippen LogP contribution in [0.25, 0.3) is 0 Å². The lowest BCUT2D eigenvalue weighted by molar-refractivity contribution is -0.130. The van der Waals surface area contributed by atoms with Crippen LogP contribution in [-0.2, 0) is 19.6 Å². The van der Waals surface area contributed by atoms with Gasteiger partial charge in [0.05, 0.1) is 17.4 Å². The first kappa shape index (κ1) is 19.3. The molecule has 9 heteroatoms. The Labute approximate surface area is 157 Å². The zero-order valence-electron chi connectivity index (χ0n) is 14.9. The van der Waals surface area contributed by atoms with E-state index in [4.69, 9.17) is 0 Å². The molecule has 0 bridgehead atoms. The highest BCUT2D eigenvalue weighted by molar-refractivity contribution is 7.93. The van der Waals surface area contributed by atoms with Gasteiger partial charge in [-0.25, -0.2) is 12.8 Å². The van der Waals surface area contributed by atoms with Gasteiger partial charge in [0.1, 0.15) is 5.82 Å². The molecule has 1 unspecified atom stereocenters. The van der Waals surface area contributed by atoms with Crippen molar-refractivity contribution in [3.63, 3.8) is 0 Å². The van der Waals surface area contributed by atoms with Crippen molar-refractivity contribution in [3.05, 3.63) is 36.7 Å². The molecule has 146 valence electrons. The van der Waals surface area contributed by atoms with Crippen molar-refractivity contribution in [2.24, 2.45) is 5.92 Å². The Kier molecular flexibility index (Phi) is 5.50. The van der Waals surface area contributed by atoms with Gasteiger partial charge in [0.15, 0.2) is 0 Å². The summed E-state index contributed by atoms with van der Waals surface area (Å²) in [7, 11) is -3.52. The van der Waals surface area contributed by atoms with Gasteiger partial charge in [-0.05, 0) is 43.5 Å². The van der Waals surface area contributed by atoms with Gasteiger partial charge in [0.25, 0.3) is 0 Å². The maximum Gasteiger partial charge on any atom is 0.245 e. The second kappa shape index (κ2) is 7.67. The molecule has 2 amide bonds. The number of nitrogens with one attached hydrogen (secondary N) is 1. The largest absolute Gasteiger partial charge is 0.338 e. The van der Waals surface area contributed by atoms with Crippen molar-refractivity contribution >= 4 is 33.2 Å². The van der Waals surface area contributed by atoms with E-state index in [-0.39, 0.29) is 35.7 Å². The number of amides is 2. The number of hydrogen-bond acceptors (Lipinski definition) is 4. The van der Waals surface area contributed by atoms with Gasteiger partial charge in [0.2, 0.25) is 21.8 Å². The molecular formula is C18H22FN3O4S. The van der Waals surface area contributed by atoms with Crippen molar-refractivity contribution < 1.29 is 22.4 Å². The molecule has 0 saturated carbocycles. The van der Waals surface area contributed by atoms with E-state index in [1.807, 2.05) is 0 Å². The number of rotatable bonds is 4. The molecule has 1 N–H and O–H groups in total. The molecule has 2 aliphatic heterocycles. The molecule has 2 fully saturated rings. The van der Waals surface area contributed by atoms with Crippen LogP contribution < -0.4 is 9.62 Å². The van der Waals surface area contributed by atoms with E-state index in [0.717, 1.165) is 10.4 Å². The standard InChI is InChI=1S/C18H22FN3O4S/c1-2-17(23)21-8-3-5-13(12-21)18(24)20-14-6-7-15(19)16(11-14)22-9-4-10-27(22,25)26/h2,6-7,11,13H,1,3-5,8-10,12H2,(H,20,24). The zero-order chi connectivity index (χ0) is 19.6. The highest BCUT2D eigenvalue weighted by Gasteiger charge is 2.31. The summed E-state index contributed by atoms with van der Waals surface area (Å²) in [5.74, 6) is -1.54.